The fourth-order valence-electron chi connectivity index (χ4n) is 2.54. The van der Waals surface area contributed by atoms with Gasteiger partial charge in [0, 0.05) is 5.56 Å². The third kappa shape index (κ3) is 1.46. The molecule has 3 rings (SSSR count). The average Bonchev–Trinajstić information content (AvgIpc) is 2.35. The van der Waals surface area contributed by atoms with Crippen LogP contribution in [0.15, 0.2) is 30.3 Å². The predicted octanol–water partition coefficient (Wildman–Crippen LogP) is 4.17. The fraction of sp³-hybridized carbons (Fsp3) is 0.250. The van der Waals surface area contributed by atoms with Crippen molar-refractivity contribution in [1.29, 1.82) is 0 Å². The number of aryl methyl sites for hydroxylation is 1. The van der Waals surface area contributed by atoms with Crippen LogP contribution < -0.4 is 4.74 Å². The van der Waals surface area contributed by atoms with Gasteiger partial charge in [0.1, 0.15) is 12.4 Å². The summed E-state index contributed by atoms with van der Waals surface area (Å²) in [4.78, 5) is 0. The Balaban J connectivity index is 2.35. The van der Waals surface area contributed by atoms with Crippen LogP contribution in [0.4, 0.5) is 0 Å². The van der Waals surface area contributed by atoms with Crippen molar-refractivity contribution >= 4 is 0 Å². The van der Waals surface area contributed by atoms with Gasteiger partial charge < -0.3 is 4.74 Å². The monoisotopic (exact) mass is 224 g/mol. The van der Waals surface area contributed by atoms with Crippen molar-refractivity contribution in [2.45, 2.75) is 27.4 Å². The maximum Gasteiger partial charge on any atom is 0.128 e. The van der Waals surface area contributed by atoms with Crippen LogP contribution in [0.25, 0.3) is 11.1 Å². The minimum absolute atomic E-state index is 0.686. The van der Waals surface area contributed by atoms with E-state index in [1.807, 2.05) is 0 Å². The highest BCUT2D eigenvalue weighted by Gasteiger charge is 2.20. The smallest absolute Gasteiger partial charge is 0.128 e. The van der Waals surface area contributed by atoms with E-state index >= 15 is 0 Å². The Morgan fingerprint density at radius 2 is 1.76 bits per heavy atom. The zero-order chi connectivity index (χ0) is 12.0. The molecule has 0 atom stereocenters. The second kappa shape index (κ2) is 3.63. The summed E-state index contributed by atoms with van der Waals surface area (Å²) in [5, 5.41) is 0. The highest BCUT2D eigenvalue weighted by molar-refractivity contribution is 5.79. The molecule has 17 heavy (non-hydrogen) atoms. The van der Waals surface area contributed by atoms with Crippen LogP contribution in [0.3, 0.4) is 0 Å². The summed E-state index contributed by atoms with van der Waals surface area (Å²) in [7, 11) is 0. The molecule has 0 fully saturated rings. The summed E-state index contributed by atoms with van der Waals surface area (Å²) < 4.78 is 5.87. The van der Waals surface area contributed by atoms with Gasteiger partial charge in [-0.3, -0.25) is 0 Å². The number of hydrogen-bond donors (Lipinski definition) is 0. The van der Waals surface area contributed by atoms with E-state index in [1.54, 1.807) is 0 Å². The molecular weight excluding hydrogens is 208 g/mol. The maximum atomic E-state index is 5.87. The Morgan fingerprint density at radius 3 is 2.59 bits per heavy atom. The van der Waals surface area contributed by atoms with E-state index in [-0.39, 0.29) is 0 Å². The van der Waals surface area contributed by atoms with Gasteiger partial charge in [0.25, 0.3) is 0 Å². The van der Waals surface area contributed by atoms with Crippen molar-refractivity contribution in [2.75, 3.05) is 0 Å². The highest BCUT2D eigenvalue weighted by Crippen LogP contribution is 2.41. The average molecular weight is 224 g/mol. The molecule has 0 unspecified atom stereocenters. The Morgan fingerprint density at radius 1 is 1.00 bits per heavy atom. The third-order valence-electron chi connectivity index (χ3n) is 3.79. The first kappa shape index (κ1) is 10.4. The topological polar surface area (TPSA) is 9.23 Å². The summed E-state index contributed by atoms with van der Waals surface area (Å²) in [6.07, 6.45) is 0. The van der Waals surface area contributed by atoms with Crippen molar-refractivity contribution in [3.63, 3.8) is 0 Å². The Bertz CT molecular complexity index is 597. The predicted molar refractivity (Wildman–Crippen MR) is 70.4 cm³/mol. The number of ether oxygens (including phenoxy) is 1. The molecule has 1 heterocycles. The lowest BCUT2D eigenvalue weighted by molar-refractivity contribution is 0.302. The largest absolute Gasteiger partial charge is 0.488 e. The van der Waals surface area contributed by atoms with Crippen LogP contribution in [-0.2, 0) is 6.61 Å². The van der Waals surface area contributed by atoms with Gasteiger partial charge in [-0.2, -0.15) is 0 Å². The van der Waals surface area contributed by atoms with Crippen LogP contribution in [-0.4, -0.2) is 0 Å². The summed E-state index contributed by atoms with van der Waals surface area (Å²) >= 11 is 0. The normalized spacial score (nSPS) is 12.6. The minimum Gasteiger partial charge on any atom is -0.488 e. The molecule has 0 saturated heterocycles. The van der Waals surface area contributed by atoms with Crippen molar-refractivity contribution in [2.24, 2.45) is 0 Å². The molecule has 2 aromatic carbocycles. The van der Waals surface area contributed by atoms with E-state index in [2.05, 4.69) is 51.1 Å². The number of rotatable bonds is 0. The molecule has 1 aliphatic heterocycles. The number of benzene rings is 2. The molecule has 0 saturated carbocycles. The van der Waals surface area contributed by atoms with Gasteiger partial charge in [-0.15, -0.1) is 0 Å². The molecule has 0 amide bonds. The van der Waals surface area contributed by atoms with Crippen molar-refractivity contribution < 1.29 is 4.74 Å². The first-order valence-corrected chi connectivity index (χ1v) is 6.00. The van der Waals surface area contributed by atoms with Crippen LogP contribution in [0.5, 0.6) is 5.75 Å². The van der Waals surface area contributed by atoms with Gasteiger partial charge in [0.05, 0.1) is 0 Å². The van der Waals surface area contributed by atoms with Crippen molar-refractivity contribution in [1.82, 2.24) is 0 Å². The molecule has 1 nitrogen and oxygen atoms in total. The fourth-order valence-corrected chi connectivity index (χ4v) is 2.54. The van der Waals surface area contributed by atoms with E-state index in [1.165, 1.54) is 33.4 Å². The molecular formula is C16H16O. The van der Waals surface area contributed by atoms with Crippen molar-refractivity contribution in [3.05, 3.63) is 52.6 Å². The zero-order valence-corrected chi connectivity index (χ0v) is 10.5. The van der Waals surface area contributed by atoms with Gasteiger partial charge >= 0.3 is 0 Å². The molecule has 0 radical (unpaired) electrons. The van der Waals surface area contributed by atoms with Gasteiger partial charge in [-0.1, -0.05) is 24.3 Å². The Kier molecular flexibility index (Phi) is 2.22. The lowest BCUT2D eigenvalue weighted by atomic mass is 9.89. The van der Waals surface area contributed by atoms with E-state index in [0.29, 0.717) is 6.61 Å². The molecule has 1 aliphatic rings. The van der Waals surface area contributed by atoms with E-state index in [0.717, 1.165) is 5.75 Å². The lowest BCUT2D eigenvalue weighted by Gasteiger charge is -2.24. The summed E-state index contributed by atoms with van der Waals surface area (Å²) in [6, 6.07) is 10.7. The van der Waals surface area contributed by atoms with Crippen molar-refractivity contribution in [3.8, 4) is 16.9 Å². The molecule has 0 aliphatic carbocycles. The minimum atomic E-state index is 0.686. The number of hydrogen-bond acceptors (Lipinski definition) is 1. The first-order chi connectivity index (χ1) is 8.18. The second-order valence-electron chi connectivity index (χ2n) is 4.76. The first-order valence-electron chi connectivity index (χ1n) is 6.00. The van der Waals surface area contributed by atoms with Gasteiger partial charge in [0.15, 0.2) is 0 Å². The molecule has 0 N–H and O–H groups in total. The molecule has 0 aromatic heterocycles. The molecule has 0 bridgehead atoms. The molecule has 86 valence electrons. The van der Waals surface area contributed by atoms with Gasteiger partial charge in [-0.05, 0) is 54.7 Å². The standard InChI is InChI=1S/C16H16O/c1-10-8-15-16(12(3)11(10)2)14-7-5-4-6-13(14)9-17-15/h4-8H,9H2,1-3H3. The summed E-state index contributed by atoms with van der Waals surface area (Å²) in [5.74, 6) is 1.03. The van der Waals surface area contributed by atoms with E-state index in [4.69, 9.17) is 4.74 Å². The van der Waals surface area contributed by atoms with Gasteiger partial charge in [0.2, 0.25) is 0 Å². The Hall–Kier alpha value is -1.76. The van der Waals surface area contributed by atoms with E-state index < -0.39 is 0 Å². The van der Waals surface area contributed by atoms with Crippen LogP contribution >= 0.6 is 0 Å². The molecule has 2 aromatic rings. The maximum absolute atomic E-state index is 5.87. The highest BCUT2D eigenvalue weighted by atomic mass is 16.5. The van der Waals surface area contributed by atoms with Crippen LogP contribution in [0.2, 0.25) is 0 Å². The van der Waals surface area contributed by atoms with Crippen LogP contribution in [0, 0.1) is 20.8 Å². The lowest BCUT2D eigenvalue weighted by Crippen LogP contribution is -2.07. The molecule has 1 heteroatoms. The number of fused-ring (bicyclic) bond motifs is 3. The third-order valence-corrected chi connectivity index (χ3v) is 3.79. The van der Waals surface area contributed by atoms with E-state index in [9.17, 15) is 0 Å². The second-order valence-corrected chi connectivity index (χ2v) is 4.76. The SMILES string of the molecule is Cc1cc2c(c(C)c1C)-c1ccccc1CO2. The molecule has 0 spiro atoms. The van der Waals surface area contributed by atoms with Crippen LogP contribution in [0.1, 0.15) is 22.3 Å². The Labute approximate surface area is 102 Å². The van der Waals surface area contributed by atoms with Gasteiger partial charge in [-0.25, -0.2) is 0 Å². The zero-order valence-electron chi connectivity index (χ0n) is 10.5. The summed E-state index contributed by atoms with van der Waals surface area (Å²) in [6.45, 7) is 7.20. The quantitative estimate of drug-likeness (QED) is 0.652. The summed E-state index contributed by atoms with van der Waals surface area (Å²) in [5.41, 5.74) is 7.90.